The largest absolute Gasteiger partial charge is 0.399 e. The first kappa shape index (κ1) is 13.0. The Labute approximate surface area is 117 Å². The highest BCUT2D eigenvalue weighted by Gasteiger charge is 2.24. The lowest BCUT2D eigenvalue weighted by atomic mass is 9.87. The fourth-order valence-corrected chi connectivity index (χ4v) is 3.00. The maximum Gasteiger partial charge on any atom is 0.182 e. The summed E-state index contributed by atoms with van der Waals surface area (Å²) in [6.07, 6.45) is 4.55. The van der Waals surface area contributed by atoms with Crippen LogP contribution >= 0.6 is 0 Å². The molecule has 3 rings (SSSR count). The van der Waals surface area contributed by atoms with Gasteiger partial charge in [0.25, 0.3) is 0 Å². The van der Waals surface area contributed by atoms with Gasteiger partial charge in [0.15, 0.2) is 5.82 Å². The minimum absolute atomic E-state index is 0.285. The number of nitrogens with zero attached hydrogens (tertiary/aromatic N) is 4. The maximum atomic E-state index is 13.5. The molecule has 6 heteroatoms. The fourth-order valence-electron chi connectivity index (χ4n) is 3.00. The van der Waals surface area contributed by atoms with Crippen LogP contribution in [0.2, 0.25) is 0 Å². The molecule has 0 saturated heterocycles. The van der Waals surface area contributed by atoms with Crippen molar-refractivity contribution in [3.63, 3.8) is 0 Å². The number of nitrogen functional groups attached to an aromatic ring is 1. The van der Waals surface area contributed by atoms with Gasteiger partial charge in [-0.15, -0.1) is 5.10 Å². The number of rotatable bonds is 2. The fraction of sp³-hybridized carbons (Fsp3) is 0.500. The molecule has 2 N–H and O–H groups in total. The molecule has 20 heavy (non-hydrogen) atoms. The van der Waals surface area contributed by atoms with Crippen LogP contribution in [-0.2, 0) is 0 Å². The molecule has 2 aromatic rings. The van der Waals surface area contributed by atoms with Crippen molar-refractivity contribution in [2.75, 3.05) is 5.73 Å². The third kappa shape index (κ3) is 2.50. The number of tetrazole rings is 1. The molecule has 1 heterocycles. The second-order valence-electron chi connectivity index (χ2n) is 5.65. The van der Waals surface area contributed by atoms with Crippen LogP contribution in [-0.4, -0.2) is 20.2 Å². The number of hydrogen-bond donors (Lipinski definition) is 1. The van der Waals surface area contributed by atoms with Gasteiger partial charge in [0, 0.05) is 11.3 Å². The molecule has 1 fully saturated rings. The lowest BCUT2D eigenvalue weighted by molar-refractivity contribution is 0.265. The minimum Gasteiger partial charge on any atom is -0.399 e. The van der Waals surface area contributed by atoms with Gasteiger partial charge in [0.1, 0.15) is 5.82 Å². The summed E-state index contributed by atoms with van der Waals surface area (Å²) in [6, 6.07) is 4.70. The third-order valence-corrected chi connectivity index (χ3v) is 3.93. The summed E-state index contributed by atoms with van der Waals surface area (Å²) in [7, 11) is 0. The van der Waals surface area contributed by atoms with Crippen molar-refractivity contribution in [1.82, 2.24) is 20.2 Å². The SMILES string of the molecule is CC1CCCC(n2nnnc2-c2cc(N)cc(F)c2)C1. The molecule has 2 atom stereocenters. The molecule has 0 radical (unpaired) electrons. The van der Waals surface area contributed by atoms with Gasteiger partial charge in [-0.3, -0.25) is 0 Å². The molecule has 1 aromatic heterocycles. The molecule has 1 saturated carbocycles. The quantitative estimate of drug-likeness (QED) is 0.856. The topological polar surface area (TPSA) is 69.6 Å². The van der Waals surface area contributed by atoms with Crippen molar-refractivity contribution in [3.05, 3.63) is 24.0 Å². The van der Waals surface area contributed by atoms with Crippen LogP contribution in [0.4, 0.5) is 10.1 Å². The van der Waals surface area contributed by atoms with E-state index in [1.54, 1.807) is 6.07 Å². The van der Waals surface area contributed by atoms with Gasteiger partial charge in [-0.2, -0.15) is 0 Å². The highest BCUT2D eigenvalue weighted by Crippen LogP contribution is 2.34. The van der Waals surface area contributed by atoms with Crippen LogP contribution in [0, 0.1) is 11.7 Å². The van der Waals surface area contributed by atoms with Gasteiger partial charge >= 0.3 is 0 Å². The molecule has 0 bridgehead atoms. The van der Waals surface area contributed by atoms with E-state index in [1.807, 2.05) is 4.68 Å². The average molecular weight is 275 g/mol. The van der Waals surface area contributed by atoms with Crippen molar-refractivity contribution < 1.29 is 4.39 Å². The van der Waals surface area contributed by atoms with Crippen LogP contribution in [0.5, 0.6) is 0 Å². The molecule has 2 unspecified atom stereocenters. The molecule has 0 amide bonds. The molecule has 0 spiro atoms. The van der Waals surface area contributed by atoms with Gasteiger partial charge in [-0.25, -0.2) is 9.07 Å². The van der Waals surface area contributed by atoms with E-state index >= 15 is 0 Å². The molecule has 1 aliphatic rings. The Bertz CT molecular complexity index is 589. The number of benzene rings is 1. The van der Waals surface area contributed by atoms with Crippen LogP contribution in [0.25, 0.3) is 11.4 Å². The zero-order chi connectivity index (χ0) is 14.1. The van der Waals surface area contributed by atoms with E-state index in [0.717, 1.165) is 12.8 Å². The summed E-state index contributed by atoms with van der Waals surface area (Å²) in [6.45, 7) is 2.25. The Balaban J connectivity index is 1.97. The summed E-state index contributed by atoms with van der Waals surface area (Å²) in [4.78, 5) is 0. The molecule has 5 nitrogen and oxygen atoms in total. The van der Waals surface area contributed by atoms with Crippen LogP contribution in [0.3, 0.4) is 0 Å². The second-order valence-corrected chi connectivity index (χ2v) is 5.65. The van der Waals surface area contributed by atoms with Crippen molar-refractivity contribution >= 4 is 5.69 Å². The number of aromatic nitrogens is 4. The Morgan fingerprint density at radius 1 is 1.30 bits per heavy atom. The van der Waals surface area contributed by atoms with Crippen LogP contribution in [0.15, 0.2) is 18.2 Å². The number of anilines is 1. The van der Waals surface area contributed by atoms with Crippen molar-refractivity contribution in [3.8, 4) is 11.4 Å². The Morgan fingerprint density at radius 3 is 2.90 bits per heavy atom. The first-order chi connectivity index (χ1) is 9.63. The Morgan fingerprint density at radius 2 is 2.15 bits per heavy atom. The standard InChI is InChI=1S/C14H18FN5/c1-9-3-2-4-13(5-9)20-14(17-18-19-20)10-6-11(15)8-12(16)7-10/h6-9,13H,2-5,16H2,1H3. The van der Waals surface area contributed by atoms with Gasteiger partial charge in [0.05, 0.1) is 6.04 Å². The number of halogens is 1. The van der Waals surface area contributed by atoms with E-state index in [0.29, 0.717) is 23.0 Å². The second kappa shape index (κ2) is 5.19. The van der Waals surface area contributed by atoms with E-state index in [-0.39, 0.29) is 11.9 Å². The van der Waals surface area contributed by atoms with Gasteiger partial charge in [-0.1, -0.05) is 19.8 Å². The smallest absolute Gasteiger partial charge is 0.182 e. The van der Waals surface area contributed by atoms with E-state index in [9.17, 15) is 4.39 Å². The molecular formula is C14H18FN5. The van der Waals surface area contributed by atoms with E-state index in [1.165, 1.54) is 25.0 Å². The molecule has 1 aliphatic carbocycles. The van der Waals surface area contributed by atoms with E-state index < -0.39 is 0 Å². The van der Waals surface area contributed by atoms with Crippen LogP contribution < -0.4 is 5.73 Å². The van der Waals surface area contributed by atoms with Crippen LogP contribution in [0.1, 0.15) is 38.6 Å². The zero-order valence-corrected chi connectivity index (χ0v) is 11.5. The Kier molecular flexibility index (Phi) is 3.38. The molecular weight excluding hydrogens is 257 g/mol. The predicted octanol–water partition coefficient (Wildman–Crippen LogP) is 2.81. The number of nitrogens with two attached hydrogens (primary N) is 1. The van der Waals surface area contributed by atoms with E-state index in [4.69, 9.17) is 5.73 Å². The molecule has 106 valence electrons. The average Bonchev–Trinajstić information content (AvgIpc) is 2.86. The zero-order valence-electron chi connectivity index (χ0n) is 11.5. The van der Waals surface area contributed by atoms with Crippen molar-refractivity contribution in [2.24, 2.45) is 5.92 Å². The predicted molar refractivity (Wildman–Crippen MR) is 74.3 cm³/mol. The highest BCUT2D eigenvalue weighted by molar-refractivity contribution is 5.61. The first-order valence-corrected chi connectivity index (χ1v) is 6.98. The first-order valence-electron chi connectivity index (χ1n) is 6.98. The van der Waals surface area contributed by atoms with Crippen molar-refractivity contribution in [1.29, 1.82) is 0 Å². The monoisotopic (exact) mass is 275 g/mol. The maximum absolute atomic E-state index is 13.5. The third-order valence-electron chi connectivity index (χ3n) is 3.93. The lowest BCUT2D eigenvalue weighted by Crippen LogP contribution is -2.19. The van der Waals surface area contributed by atoms with E-state index in [2.05, 4.69) is 22.4 Å². The summed E-state index contributed by atoms with van der Waals surface area (Å²) in [5, 5.41) is 11.9. The molecule has 0 aliphatic heterocycles. The lowest BCUT2D eigenvalue weighted by Gasteiger charge is -2.27. The normalized spacial score (nSPS) is 22.9. The highest BCUT2D eigenvalue weighted by atomic mass is 19.1. The molecule has 1 aromatic carbocycles. The summed E-state index contributed by atoms with van der Waals surface area (Å²) < 4.78 is 15.3. The summed E-state index contributed by atoms with van der Waals surface area (Å²) >= 11 is 0. The van der Waals surface area contributed by atoms with Crippen molar-refractivity contribution in [2.45, 2.75) is 38.6 Å². The van der Waals surface area contributed by atoms with Gasteiger partial charge in [0.2, 0.25) is 0 Å². The van der Waals surface area contributed by atoms with Gasteiger partial charge < -0.3 is 5.73 Å². The van der Waals surface area contributed by atoms with Gasteiger partial charge in [-0.05, 0) is 47.4 Å². The summed E-state index contributed by atoms with van der Waals surface area (Å²) in [5.74, 6) is 0.894. The Hall–Kier alpha value is -1.98. The minimum atomic E-state index is -0.369. The summed E-state index contributed by atoms with van der Waals surface area (Å²) in [5.41, 5.74) is 6.71. The number of hydrogen-bond acceptors (Lipinski definition) is 4.